The van der Waals surface area contributed by atoms with Crippen LogP contribution in [0.5, 0.6) is 0 Å². The van der Waals surface area contributed by atoms with Crippen LogP contribution in [-0.4, -0.2) is 4.98 Å². The predicted molar refractivity (Wildman–Crippen MR) is 83.7 cm³/mol. The second-order valence-corrected chi connectivity index (χ2v) is 6.47. The molecule has 0 aliphatic carbocycles. The summed E-state index contributed by atoms with van der Waals surface area (Å²) in [6.45, 7) is 7.28. The molecule has 2 N–H and O–H groups in total. The zero-order valence-corrected chi connectivity index (χ0v) is 12.9. The van der Waals surface area contributed by atoms with E-state index in [-0.39, 0.29) is 0 Å². The number of aryl methyl sites for hydroxylation is 1. The molecule has 20 heavy (non-hydrogen) atoms. The van der Waals surface area contributed by atoms with Crippen LogP contribution in [0.1, 0.15) is 46.5 Å². The second kappa shape index (κ2) is 6.04. The molecular weight excluding hydrogens is 266 g/mol. The molecule has 1 aliphatic heterocycles. The summed E-state index contributed by atoms with van der Waals surface area (Å²) in [7, 11) is 0. The van der Waals surface area contributed by atoms with Gasteiger partial charge in [-0.05, 0) is 30.0 Å². The molecule has 106 valence electrons. The maximum atomic E-state index is 4.50. The van der Waals surface area contributed by atoms with Gasteiger partial charge < -0.3 is 10.6 Å². The van der Waals surface area contributed by atoms with Crippen molar-refractivity contribution in [2.24, 2.45) is 0 Å². The average Bonchev–Trinajstić information content (AvgIpc) is 3.12. The number of thiazole rings is 1. The maximum Gasteiger partial charge on any atom is 0.109 e. The Labute approximate surface area is 124 Å². The number of hydrogen-bond donors (Lipinski definition) is 2. The molecule has 0 saturated carbocycles. The minimum atomic E-state index is 0.312. The average molecular weight is 287 g/mol. The van der Waals surface area contributed by atoms with E-state index in [1.807, 2.05) is 17.5 Å². The van der Waals surface area contributed by atoms with Crippen molar-refractivity contribution in [3.05, 3.63) is 51.0 Å². The van der Waals surface area contributed by atoms with E-state index < -0.39 is 0 Å². The molecule has 0 saturated heterocycles. The molecule has 1 unspecified atom stereocenters. The van der Waals surface area contributed by atoms with Gasteiger partial charge in [-0.15, -0.1) is 11.3 Å². The van der Waals surface area contributed by atoms with Crippen molar-refractivity contribution in [2.45, 2.75) is 45.9 Å². The minimum absolute atomic E-state index is 0.312. The molecule has 3 rings (SSSR count). The summed E-state index contributed by atoms with van der Waals surface area (Å²) in [6.07, 6.45) is 3.07. The Morgan fingerprint density at radius 2 is 2.20 bits per heavy atom. The van der Waals surface area contributed by atoms with Crippen molar-refractivity contribution in [3.8, 4) is 0 Å². The number of nitrogens with zero attached hydrogens (tertiary/aromatic N) is 1. The molecule has 0 spiro atoms. The predicted octanol–water partition coefficient (Wildman–Crippen LogP) is 3.16. The minimum Gasteiger partial charge on any atom is -0.309 e. The highest BCUT2D eigenvalue weighted by molar-refractivity contribution is 7.11. The lowest BCUT2D eigenvalue weighted by Crippen LogP contribution is -2.18. The summed E-state index contributed by atoms with van der Waals surface area (Å²) in [5.74, 6) is 0. The largest absolute Gasteiger partial charge is 0.309 e. The van der Waals surface area contributed by atoms with Gasteiger partial charge in [0.05, 0.1) is 6.04 Å². The molecule has 2 heterocycles. The molecule has 2 aromatic rings. The molecule has 1 atom stereocenters. The Morgan fingerprint density at radius 1 is 1.35 bits per heavy atom. The summed E-state index contributed by atoms with van der Waals surface area (Å²) < 4.78 is 0. The van der Waals surface area contributed by atoms with Gasteiger partial charge in [0.15, 0.2) is 0 Å². The summed E-state index contributed by atoms with van der Waals surface area (Å²) in [4.78, 5) is 5.86. The molecule has 4 heteroatoms. The van der Waals surface area contributed by atoms with E-state index in [0.29, 0.717) is 6.04 Å². The highest BCUT2D eigenvalue weighted by Gasteiger charge is 2.12. The Kier molecular flexibility index (Phi) is 4.15. The molecule has 3 nitrogen and oxygen atoms in total. The van der Waals surface area contributed by atoms with E-state index in [0.717, 1.165) is 26.1 Å². The van der Waals surface area contributed by atoms with Gasteiger partial charge in [0, 0.05) is 30.7 Å². The van der Waals surface area contributed by atoms with Crippen LogP contribution in [0.3, 0.4) is 0 Å². The standard InChI is InChI=1S/C16H21N3S/c1-3-15-10-19-16(20-15)11(2)18-7-12-4-5-13-8-17-9-14(13)6-12/h4-6,10-11,17-18H,3,7-9H2,1-2H3. The maximum absolute atomic E-state index is 4.50. The van der Waals surface area contributed by atoms with Crippen molar-refractivity contribution in [2.75, 3.05) is 0 Å². The number of aromatic nitrogens is 1. The third-order valence-corrected chi connectivity index (χ3v) is 5.13. The summed E-state index contributed by atoms with van der Waals surface area (Å²) >= 11 is 1.81. The van der Waals surface area contributed by atoms with E-state index in [9.17, 15) is 0 Å². The van der Waals surface area contributed by atoms with Gasteiger partial charge in [-0.2, -0.15) is 0 Å². The third-order valence-electron chi connectivity index (χ3n) is 3.80. The fourth-order valence-corrected chi connectivity index (χ4v) is 3.39. The first-order valence-corrected chi connectivity index (χ1v) is 8.07. The van der Waals surface area contributed by atoms with E-state index in [2.05, 4.69) is 47.7 Å². The lowest BCUT2D eigenvalue weighted by atomic mass is 10.1. The summed E-state index contributed by atoms with van der Waals surface area (Å²) in [5.41, 5.74) is 4.24. The topological polar surface area (TPSA) is 37.0 Å². The Balaban J connectivity index is 1.61. The van der Waals surface area contributed by atoms with E-state index in [1.165, 1.54) is 26.6 Å². The van der Waals surface area contributed by atoms with Gasteiger partial charge in [0.1, 0.15) is 5.01 Å². The highest BCUT2D eigenvalue weighted by atomic mass is 32.1. The molecule has 0 amide bonds. The van der Waals surface area contributed by atoms with Crippen molar-refractivity contribution in [1.82, 2.24) is 15.6 Å². The Bertz CT molecular complexity index is 591. The van der Waals surface area contributed by atoms with Crippen molar-refractivity contribution in [1.29, 1.82) is 0 Å². The second-order valence-electron chi connectivity index (χ2n) is 5.33. The number of fused-ring (bicyclic) bond motifs is 1. The normalized spacial score (nSPS) is 15.3. The first kappa shape index (κ1) is 13.7. The highest BCUT2D eigenvalue weighted by Crippen LogP contribution is 2.21. The van der Waals surface area contributed by atoms with Crippen LogP contribution >= 0.6 is 11.3 Å². The monoisotopic (exact) mass is 287 g/mol. The van der Waals surface area contributed by atoms with Gasteiger partial charge in [0.25, 0.3) is 0 Å². The summed E-state index contributed by atoms with van der Waals surface area (Å²) in [6, 6.07) is 7.10. The molecule has 0 radical (unpaired) electrons. The Morgan fingerprint density at radius 3 is 3.00 bits per heavy atom. The SMILES string of the molecule is CCc1cnc(C(C)NCc2ccc3c(c2)CNC3)s1. The zero-order valence-electron chi connectivity index (χ0n) is 12.1. The Hall–Kier alpha value is -1.23. The molecule has 1 aromatic carbocycles. The van der Waals surface area contributed by atoms with Crippen molar-refractivity contribution >= 4 is 11.3 Å². The zero-order chi connectivity index (χ0) is 13.9. The molecular formula is C16H21N3S. The van der Waals surface area contributed by atoms with Gasteiger partial charge in [-0.3, -0.25) is 0 Å². The van der Waals surface area contributed by atoms with Gasteiger partial charge >= 0.3 is 0 Å². The van der Waals surface area contributed by atoms with E-state index in [4.69, 9.17) is 0 Å². The molecule has 0 fully saturated rings. The van der Waals surface area contributed by atoms with E-state index >= 15 is 0 Å². The first-order valence-electron chi connectivity index (χ1n) is 7.25. The van der Waals surface area contributed by atoms with Gasteiger partial charge in [0.2, 0.25) is 0 Å². The van der Waals surface area contributed by atoms with Gasteiger partial charge in [-0.1, -0.05) is 25.1 Å². The van der Waals surface area contributed by atoms with Crippen LogP contribution in [-0.2, 0) is 26.1 Å². The number of hydrogen-bond acceptors (Lipinski definition) is 4. The first-order chi connectivity index (χ1) is 9.76. The smallest absolute Gasteiger partial charge is 0.109 e. The summed E-state index contributed by atoms with van der Waals surface area (Å²) in [5, 5.41) is 8.14. The molecule has 0 bridgehead atoms. The van der Waals surface area contributed by atoms with Crippen LogP contribution in [0.25, 0.3) is 0 Å². The van der Waals surface area contributed by atoms with Crippen LogP contribution in [0.15, 0.2) is 24.4 Å². The fourth-order valence-electron chi connectivity index (χ4n) is 2.50. The molecule has 1 aliphatic rings. The van der Waals surface area contributed by atoms with Crippen molar-refractivity contribution in [3.63, 3.8) is 0 Å². The fraction of sp³-hybridized carbons (Fsp3) is 0.438. The van der Waals surface area contributed by atoms with Gasteiger partial charge in [-0.25, -0.2) is 4.98 Å². The van der Waals surface area contributed by atoms with Crippen LogP contribution in [0.4, 0.5) is 0 Å². The van der Waals surface area contributed by atoms with E-state index in [1.54, 1.807) is 0 Å². The lowest BCUT2D eigenvalue weighted by molar-refractivity contribution is 0.571. The third kappa shape index (κ3) is 2.92. The van der Waals surface area contributed by atoms with Crippen LogP contribution in [0, 0.1) is 0 Å². The quantitative estimate of drug-likeness (QED) is 0.887. The lowest BCUT2D eigenvalue weighted by Gasteiger charge is -2.12. The van der Waals surface area contributed by atoms with Crippen LogP contribution < -0.4 is 10.6 Å². The number of benzene rings is 1. The molecule has 1 aromatic heterocycles. The van der Waals surface area contributed by atoms with Crippen molar-refractivity contribution < 1.29 is 0 Å². The van der Waals surface area contributed by atoms with Crippen LogP contribution in [0.2, 0.25) is 0 Å². The number of rotatable bonds is 5. The number of nitrogens with one attached hydrogen (secondary N) is 2.